The zero-order chi connectivity index (χ0) is 18.9. The number of phenols is 1. The molecule has 0 fully saturated rings. The van der Waals surface area contributed by atoms with E-state index >= 15 is 0 Å². The summed E-state index contributed by atoms with van der Waals surface area (Å²) in [6.07, 6.45) is 5.54. The average Bonchev–Trinajstić information content (AvgIpc) is 2.80. The summed E-state index contributed by atoms with van der Waals surface area (Å²) in [5, 5.41) is 9.18. The smallest absolute Gasteiger partial charge is 0.115 e. The molecular formula is C21H36Cl2NOSiTi-. The fourth-order valence-electron chi connectivity index (χ4n) is 1.95. The van der Waals surface area contributed by atoms with Crippen molar-refractivity contribution in [1.29, 1.82) is 0 Å². The maximum Gasteiger partial charge on any atom is 0.115 e. The summed E-state index contributed by atoms with van der Waals surface area (Å²) in [6.45, 7) is 15.0. The Morgan fingerprint density at radius 3 is 1.81 bits per heavy atom. The minimum absolute atomic E-state index is 0. The minimum atomic E-state index is 0. The molecule has 1 aliphatic carbocycles. The molecule has 0 amide bonds. The van der Waals surface area contributed by atoms with Crippen LogP contribution in [0.3, 0.4) is 0 Å². The maximum atomic E-state index is 9.18. The first-order valence-electron chi connectivity index (χ1n) is 8.40. The second-order valence-corrected chi connectivity index (χ2v) is 8.33. The summed E-state index contributed by atoms with van der Waals surface area (Å²) in [7, 11) is 5.17. The number of hydrogen-bond donors (Lipinski definition) is 1. The van der Waals surface area contributed by atoms with Gasteiger partial charge in [-0.15, -0.1) is 30.5 Å². The standard InChI is InChI=1S/C10H14O.C9H14N.C2H6Si.2ClH.Ti/c1-10(2,3)8-5-4-6-9(11)7-8;1-7-5-9(10(3)4)6-8(7)2;1-3-2;;;/h4-7,11H,1-3H3;5,8H,1-4H3;1-2H3;2*1H;/q;-1;;;;. The van der Waals surface area contributed by atoms with Gasteiger partial charge in [-0.2, -0.15) is 11.6 Å². The predicted molar refractivity (Wildman–Crippen MR) is 122 cm³/mol. The van der Waals surface area contributed by atoms with Crippen molar-refractivity contribution in [3.63, 3.8) is 0 Å². The molecule has 1 unspecified atom stereocenters. The fourth-order valence-corrected chi connectivity index (χ4v) is 1.95. The van der Waals surface area contributed by atoms with Gasteiger partial charge in [0.1, 0.15) is 5.75 Å². The van der Waals surface area contributed by atoms with Gasteiger partial charge in [0.05, 0.1) is 0 Å². The summed E-state index contributed by atoms with van der Waals surface area (Å²) >= 11 is 0. The van der Waals surface area contributed by atoms with Gasteiger partial charge < -0.3 is 10.0 Å². The first-order chi connectivity index (χ1) is 11.0. The Labute approximate surface area is 197 Å². The van der Waals surface area contributed by atoms with E-state index in [9.17, 15) is 5.11 Å². The summed E-state index contributed by atoms with van der Waals surface area (Å²) in [5.41, 5.74) is 3.91. The van der Waals surface area contributed by atoms with Gasteiger partial charge in [-0.25, -0.2) is 6.08 Å². The number of likely N-dealkylation sites (N-methyl/N-ethyl adjacent to an activating group) is 1. The van der Waals surface area contributed by atoms with Gasteiger partial charge in [0.2, 0.25) is 0 Å². The number of phenolic OH excluding ortho intramolecular Hbond substituents is 1. The van der Waals surface area contributed by atoms with Gasteiger partial charge in [0.15, 0.2) is 0 Å². The van der Waals surface area contributed by atoms with Crippen LogP contribution in [-0.4, -0.2) is 33.6 Å². The van der Waals surface area contributed by atoms with Crippen molar-refractivity contribution in [3.05, 3.63) is 53.3 Å². The van der Waals surface area contributed by atoms with Gasteiger partial charge in [-0.1, -0.05) is 65.8 Å². The summed E-state index contributed by atoms with van der Waals surface area (Å²) in [6, 6.07) is 7.39. The molecule has 0 saturated carbocycles. The van der Waals surface area contributed by atoms with Gasteiger partial charge in [0.25, 0.3) is 0 Å². The molecule has 2 rings (SSSR count). The Morgan fingerprint density at radius 2 is 1.59 bits per heavy atom. The average molecular weight is 465 g/mol. The van der Waals surface area contributed by atoms with E-state index in [0.29, 0.717) is 11.7 Å². The van der Waals surface area contributed by atoms with Gasteiger partial charge in [-0.3, -0.25) is 0 Å². The van der Waals surface area contributed by atoms with Crippen molar-refractivity contribution in [2.24, 2.45) is 5.92 Å². The van der Waals surface area contributed by atoms with Crippen LogP contribution in [0.15, 0.2) is 41.6 Å². The number of halogens is 2. The van der Waals surface area contributed by atoms with E-state index in [1.165, 1.54) is 11.3 Å². The van der Waals surface area contributed by atoms with Crippen LogP contribution in [0.25, 0.3) is 0 Å². The molecule has 2 nitrogen and oxygen atoms in total. The normalized spacial score (nSPS) is 14.3. The maximum absolute atomic E-state index is 9.18. The van der Waals surface area contributed by atoms with Crippen LogP contribution < -0.4 is 0 Å². The zero-order valence-electron chi connectivity index (χ0n) is 18.2. The van der Waals surface area contributed by atoms with E-state index in [-0.39, 0.29) is 51.9 Å². The number of nitrogens with zero attached hydrogens (tertiary/aromatic N) is 1. The van der Waals surface area contributed by atoms with E-state index < -0.39 is 0 Å². The molecule has 0 bridgehead atoms. The second kappa shape index (κ2) is 16.7. The minimum Gasteiger partial charge on any atom is -0.508 e. The van der Waals surface area contributed by atoms with E-state index in [1.54, 1.807) is 12.1 Å². The Balaban J connectivity index is -0.000000156. The SMILES string of the molecule is CC(C)(C)c1cccc(O)c1.CC1=CC(N(C)C)=[C-]C1C.C[Si]C.Cl.Cl.[Ti]. The van der Waals surface area contributed by atoms with Crippen LogP contribution in [0.4, 0.5) is 0 Å². The monoisotopic (exact) mass is 464 g/mol. The van der Waals surface area contributed by atoms with Gasteiger partial charge >= 0.3 is 0 Å². The Morgan fingerprint density at radius 1 is 1.11 bits per heavy atom. The van der Waals surface area contributed by atoms with E-state index in [2.05, 4.69) is 64.8 Å². The van der Waals surface area contributed by atoms with Crippen molar-refractivity contribution in [1.82, 2.24) is 4.90 Å². The summed E-state index contributed by atoms with van der Waals surface area (Å²) in [5.74, 6) is 0.856. The van der Waals surface area contributed by atoms with Crippen LogP contribution in [0.1, 0.15) is 40.2 Å². The topological polar surface area (TPSA) is 23.5 Å². The number of allylic oxidation sites excluding steroid dienone is 3. The van der Waals surface area contributed by atoms with Crippen LogP contribution in [0.2, 0.25) is 13.1 Å². The van der Waals surface area contributed by atoms with Crippen LogP contribution in [-0.2, 0) is 27.1 Å². The quantitative estimate of drug-likeness (QED) is 0.397. The molecule has 27 heavy (non-hydrogen) atoms. The molecule has 2 radical (unpaired) electrons. The summed E-state index contributed by atoms with van der Waals surface area (Å²) < 4.78 is 0. The van der Waals surface area contributed by atoms with E-state index in [4.69, 9.17) is 0 Å². The third-order valence-corrected chi connectivity index (χ3v) is 3.61. The molecule has 0 spiro atoms. The molecule has 0 aliphatic heterocycles. The van der Waals surface area contributed by atoms with Gasteiger partial charge in [0, 0.05) is 45.3 Å². The third-order valence-electron chi connectivity index (χ3n) is 3.61. The summed E-state index contributed by atoms with van der Waals surface area (Å²) in [4.78, 5) is 2.09. The predicted octanol–water partition coefficient (Wildman–Crippen LogP) is 6.15. The van der Waals surface area contributed by atoms with Crippen molar-refractivity contribution < 1.29 is 26.8 Å². The molecule has 0 heterocycles. The molecule has 0 aromatic heterocycles. The number of rotatable bonds is 1. The van der Waals surface area contributed by atoms with Crippen molar-refractivity contribution >= 4 is 34.3 Å². The molecule has 1 aliphatic rings. The van der Waals surface area contributed by atoms with Gasteiger partial charge in [-0.05, 0) is 23.1 Å². The third kappa shape index (κ3) is 14.5. The molecule has 1 atom stereocenters. The molecule has 0 saturated heterocycles. The molecule has 154 valence electrons. The molecule has 1 N–H and O–H groups in total. The molecule has 1 aromatic rings. The zero-order valence-corrected chi connectivity index (χ0v) is 22.4. The largest absolute Gasteiger partial charge is 0.508 e. The Bertz CT molecular complexity index is 570. The first-order valence-corrected chi connectivity index (χ1v) is 10.4. The molecule has 1 aromatic carbocycles. The van der Waals surface area contributed by atoms with E-state index in [0.717, 1.165) is 15.1 Å². The number of aromatic hydroxyl groups is 1. The molecule has 6 heteroatoms. The Kier molecular flexibility index (Phi) is 21.3. The fraction of sp³-hybridized carbons (Fsp3) is 0.524. The second-order valence-electron chi connectivity index (χ2n) is 7.33. The van der Waals surface area contributed by atoms with Crippen molar-refractivity contribution in [2.45, 2.75) is 53.1 Å². The molecular weight excluding hydrogens is 429 g/mol. The van der Waals surface area contributed by atoms with Crippen molar-refractivity contribution in [2.75, 3.05) is 14.1 Å². The Hall–Kier alpha value is -0.189. The van der Waals surface area contributed by atoms with E-state index in [1.807, 2.05) is 26.2 Å². The van der Waals surface area contributed by atoms with Crippen molar-refractivity contribution in [3.8, 4) is 5.75 Å². The van der Waals surface area contributed by atoms with Crippen LogP contribution >= 0.6 is 24.8 Å². The number of hydrogen-bond acceptors (Lipinski definition) is 2. The van der Waals surface area contributed by atoms with Crippen LogP contribution in [0, 0.1) is 12.0 Å². The first kappa shape index (κ1) is 34.3. The van der Waals surface area contributed by atoms with Crippen LogP contribution in [0.5, 0.6) is 5.75 Å². The number of benzene rings is 1.